The van der Waals surface area contributed by atoms with E-state index in [0.717, 1.165) is 56.0 Å². The van der Waals surface area contributed by atoms with Crippen LogP contribution in [0.3, 0.4) is 0 Å². The Balaban J connectivity index is 0.00000196. The van der Waals surface area contributed by atoms with E-state index in [2.05, 4.69) is 5.32 Å². The number of carbonyl (C=O) groups excluding carboxylic acids is 1. The van der Waals surface area contributed by atoms with Gasteiger partial charge in [-0.25, -0.2) is 0 Å². The van der Waals surface area contributed by atoms with Crippen LogP contribution >= 0.6 is 24.8 Å². The van der Waals surface area contributed by atoms with Gasteiger partial charge < -0.3 is 30.2 Å². The van der Waals surface area contributed by atoms with Crippen LogP contribution in [0.5, 0.6) is 11.5 Å². The standard InChI is InChI=1S/C19H29N3O4.2ClH/c1-24-16-9-14(10-17(11-16)25-2)21-13-5-7-22(8-6-13)19(23)18-4-3-15(12-20)26-18;;/h9-11,13,15,18,21H,3-8,12,20H2,1-2H3;2*1H/t15-,18+;;/m1../s1. The molecule has 3 N–H and O–H groups in total. The van der Waals surface area contributed by atoms with Gasteiger partial charge in [-0.3, -0.25) is 4.79 Å². The number of halogens is 2. The Labute approximate surface area is 179 Å². The maximum absolute atomic E-state index is 12.6. The number of rotatable bonds is 6. The van der Waals surface area contributed by atoms with Crippen molar-refractivity contribution in [3.63, 3.8) is 0 Å². The molecule has 2 aliphatic heterocycles. The minimum Gasteiger partial charge on any atom is -0.497 e. The molecule has 0 spiro atoms. The molecule has 2 saturated heterocycles. The maximum atomic E-state index is 12.6. The third kappa shape index (κ3) is 6.04. The van der Waals surface area contributed by atoms with Gasteiger partial charge in [-0.15, -0.1) is 24.8 Å². The Morgan fingerprint density at radius 3 is 2.21 bits per heavy atom. The van der Waals surface area contributed by atoms with Crippen molar-refractivity contribution in [1.29, 1.82) is 0 Å². The zero-order chi connectivity index (χ0) is 18.5. The highest BCUT2D eigenvalue weighted by atomic mass is 35.5. The Hall–Kier alpha value is -1.41. The van der Waals surface area contributed by atoms with Crippen LogP contribution in [0.25, 0.3) is 0 Å². The van der Waals surface area contributed by atoms with Crippen LogP contribution in [-0.2, 0) is 9.53 Å². The first-order valence-electron chi connectivity index (χ1n) is 9.27. The fourth-order valence-corrected chi connectivity index (χ4v) is 3.64. The average Bonchev–Trinajstić information content (AvgIpc) is 3.17. The minimum atomic E-state index is -0.310. The van der Waals surface area contributed by atoms with Crippen LogP contribution in [0.2, 0.25) is 0 Å². The van der Waals surface area contributed by atoms with Crippen molar-refractivity contribution in [2.45, 2.75) is 43.9 Å². The second-order valence-corrected chi connectivity index (χ2v) is 6.91. The van der Waals surface area contributed by atoms with Gasteiger partial charge in [-0.2, -0.15) is 0 Å². The molecule has 1 aromatic rings. The number of methoxy groups -OCH3 is 2. The van der Waals surface area contributed by atoms with Gasteiger partial charge >= 0.3 is 0 Å². The predicted molar refractivity (Wildman–Crippen MR) is 114 cm³/mol. The number of nitrogens with one attached hydrogen (secondary N) is 1. The van der Waals surface area contributed by atoms with E-state index in [1.165, 1.54) is 0 Å². The number of benzene rings is 1. The molecule has 0 unspecified atom stereocenters. The molecule has 9 heteroatoms. The number of nitrogens with zero attached hydrogens (tertiary/aromatic N) is 1. The van der Waals surface area contributed by atoms with Gasteiger partial charge in [0.15, 0.2) is 0 Å². The number of anilines is 1. The van der Waals surface area contributed by atoms with E-state index in [-0.39, 0.29) is 42.9 Å². The Morgan fingerprint density at radius 1 is 1.11 bits per heavy atom. The van der Waals surface area contributed by atoms with Crippen molar-refractivity contribution in [2.24, 2.45) is 5.73 Å². The molecule has 7 nitrogen and oxygen atoms in total. The van der Waals surface area contributed by atoms with Crippen molar-refractivity contribution in [3.8, 4) is 11.5 Å². The monoisotopic (exact) mass is 435 g/mol. The first-order chi connectivity index (χ1) is 12.6. The highest BCUT2D eigenvalue weighted by Crippen LogP contribution is 2.28. The fraction of sp³-hybridized carbons (Fsp3) is 0.632. The number of carbonyl (C=O) groups is 1. The molecule has 1 aromatic carbocycles. The molecule has 28 heavy (non-hydrogen) atoms. The maximum Gasteiger partial charge on any atom is 0.251 e. The van der Waals surface area contributed by atoms with E-state index in [0.29, 0.717) is 12.6 Å². The number of piperidine rings is 1. The van der Waals surface area contributed by atoms with Crippen LogP contribution in [0.15, 0.2) is 18.2 Å². The molecule has 3 rings (SSSR count). The van der Waals surface area contributed by atoms with E-state index in [1.807, 2.05) is 23.1 Å². The molecule has 0 aliphatic carbocycles. The van der Waals surface area contributed by atoms with Crippen LogP contribution in [0.4, 0.5) is 5.69 Å². The lowest BCUT2D eigenvalue weighted by Gasteiger charge is -2.34. The zero-order valence-corrected chi connectivity index (χ0v) is 18.0. The van der Waals surface area contributed by atoms with E-state index in [4.69, 9.17) is 19.9 Å². The second-order valence-electron chi connectivity index (χ2n) is 6.91. The van der Waals surface area contributed by atoms with Crippen LogP contribution < -0.4 is 20.5 Å². The normalized spacial score (nSPS) is 22.0. The lowest BCUT2D eigenvalue weighted by molar-refractivity contribution is -0.143. The summed E-state index contributed by atoms with van der Waals surface area (Å²) in [5, 5.41) is 3.53. The number of ether oxygens (including phenoxy) is 3. The Bertz CT molecular complexity index is 605. The van der Waals surface area contributed by atoms with Crippen molar-refractivity contribution in [2.75, 3.05) is 39.2 Å². The van der Waals surface area contributed by atoms with Crippen molar-refractivity contribution in [3.05, 3.63) is 18.2 Å². The first kappa shape index (κ1) is 24.6. The SMILES string of the molecule is COc1cc(NC2CCN(C(=O)[C@@H]3CC[C@H](CN)O3)CC2)cc(OC)c1.Cl.Cl. The first-order valence-corrected chi connectivity index (χ1v) is 9.27. The van der Waals surface area contributed by atoms with Crippen molar-refractivity contribution >= 4 is 36.4 Å². The molecule has 0 saturated carbocycles. The van der Waals surface area contributed by atoms with E-state index >= 15 is 0 Å². The lowest BCUT2D eigenvalue weighted by Crippen LogP contribution is -2.46. The molecular formula is C19H31Cl2N3O4. The fourth-order valence-electron chi connectivity index (χ4n) is 3.64. The van der Waals surface area contributed by atoms with Gasteiger partial charge in [-0.05, 0) is 25.7 Å². The number of hydrogen-bond acceptors (Lipinski definition) is 6. The van der Waals surface area contributed by atoms with Gasteiger partial charge in [0.25, 0.3) is 5.91 Å². The van der Waals surface area contributed by atoms with E-state index < -0.39 is 0 Å². The van der Waals surface area contributed by atoms with Gasteiger partial charge in [0.05, 0.1) is 20.3 Å². The van der Waals surface area contributed by atoms with Crippen LogP contribution in [0, 0.1) is 0 Å². The summed E-state index contributed by atoms with van der Waals surface area (Å²) in [6, 6.07) is 6.08. The molecule has 0 aromatic heterocycles. The molecule has 0 radical (unpaired) electrons. The third-order valence-corrected chi connectivity index (χ3v) is 5.17. The number of amides is 1. The molecular weight excluding hydrogens is 405 g/mol. The Kier molecular flexibility index (Phi) is 10.2. The molecule has 2 fully saturated rings. The zero-order valence-electron chi connectivity index (χ0n) is 16.4. The van der Waals surface area contributed by atoms with Crippen LogP contribution in [0.1, 0.15) is 25.7 Å². The number of nitrogens with two attached hydrogens (primary N) is 1. The molecule has 0 bridgehead atoms. The quantitative estimate of drug-likeness (QED) is 0.713. The summed E-state index contributed by atoms with van der Waals surface area (Å²) in [7, 11) is 3.28. The third-order valence-electron chi connectivity index (χ3n) is 5.17. The van der Waals surface area contributed by atoms with E-state index in [1.54, 1.807) is 14.2 Å². The molecule has 1 amide bonds. The molecule has 2 heterocycles. The number of hydrogen-bond donors (Lipinski definition) is 2. The molecule has 2 aliphatic rings. The van der Waals surface area contributed by atoms with Crippen molar-refractivity contribution in [1.82, 2.24) is 4.90 Å². The molecule has 160 valence electrons. The smallest absolute Gasteiger partial charge is 0.251 e. The highest BCUT2D eigenvalue weighted by Gasteiger charge is 2.34. The van der Waals surface area contributed by atoms with E-state index in [9.17, 15) is 4.79 Å². The summed E-state index contributed by atoms with van der Waals surface area (Å²) in [5.74, 6) is 1.63. The second kappa shape index (κ2) is 11.6. The summed E-state index contributed by atoms with van der Waals surface area (Å²) in [6.45, 7) is 1.97. The summed E-state index contributed by atoms with van der Waals surface area (Å²) in [4.78, 5) is 14.5. The van der Waals surface area contributed by atoms with Gasteiger partial charge in [0.2, 0.25) is 0 Å². The highest BCUT2D eigenvalue weighted by molar-refractivity contribution is 5.85. The summed E-state index contributed by atoms with van der Waals surface area (Å²) in [5.41, 5.74) is 6.60. The van der Waals surface area contributed by atoms with Gasteiger partial charge in [0.1, 0.15) is 17.6 Å². The predicted octanol–water partition coefficient (Wildman–Crippen LogP) is 2.46. The van der Waals surface area contributed by atoms with Gasteiger partial charge in [-0.1, -0.05) is 0 Å². The summed E-state index contributed by atoms with van der Waals surface area (Å²) < 4.78 is 16.4. The lowest BCUT2D eigenvalue weighted by atomic mass is 10.0. The van der Waals surface area contributed by atoms with Crippen LogP contribution in [-0.4, -0.2) is 62.9 Å². The largest absolute Gasteiger partial charge is 0.497 e. The minimum absolute atomic E-state index is 0. The van der Waals surface area contributed by atoms with Gasteiger partial charge in [0, 0.05) is 49.6 Å². The van der Waals surface area contributed by atoms with Crippen molar-refractivity contribution < 1.29 is 19.0 Å². The average molecular weight is 436 g/mol. The molecule has 2 atom stereocenters. The Morgan fingerprint density at radius 2 is 1.71 bits per heavy atom. The topological polar surface area (TPSA) is 86.1 Å². The number of likely N-dealkylation sites (tertiary alicyclic amines) is 1. The summed E-state index contributed by atoms with van der Waals surface area (Å²) in [6.07, 6.45) is 3.18. The summed E-state index contributed by atoms with van der Waals surface area (Å²) >= 11 is 0.